The van der Waals surface area contributed by atoms with E-state index in [9.17, 15) is 0 Å². The predicted molar refractivity (Wildman–Crippen MR) is 168 cm³/mol. The summed E-state index contributed by atoms with van der Waals surface area (Å²) in [6, 6.07) is 9.76. The maximum atomic E-state index is 4.87. The van der Waals surface area contributed by atoms with Gasteiger partial charge in [-0.15, -0.1) is 0 Å². The SMILES string of the molecule is CCCc1ccc(CC)c2c1C=C(C)[CH]2[Zr]([Br])([Br])([CH]1C(C)=Cc2c(CCC)ccc(CC)c21)=[Si](C)C. The summed E-state index contributed by atoms with van der Waals surface area (Å²) in [5.41, 5.74) is 15.1. The third-order valence-corrected chi connectivity index (χ3v) is 76.2. The summed E-state index contributed by atoms with van der Waals surface area (Å²) in [6.07, 6.45) is 12.1. The van der Waals surface area contributed by atoms with Crippen LogP contribution < -0.4 is 0 Å². The van der Waals surface area contributed by atoms with Gasteiger partial charge in [-0.2, -0.15) is 0 Å². The molecule has 0 nitrogen and oxygen atoms in total. The molecule has 36 heavy (non-hydrogen) atoms. The monoisotopic (exact) mass is 704 g/mol. The third-order valence-electron chi connectivity index (χ3n) is 8.98. The Balaban J connectivity index is 2.08. The van der Waals surface area contributed by atoms with Gasteiger partial charge in [-0.1, -0.05) is 0 Å². The van der Waals surface area contributed by atoms with Crippen LogP contribution in [0, 0.1) is 0 Å². The summed E-state index contributed by atoms with van der Waals surface area (Å²) in [6.45, 7) is 19.4. The number of hydrogen-bond donors (Lipinski definition) is 0. The van der Waals surface area contributed by atoms with Crippen molar-refractivity contribution in [3.05, 3.63) is 79.9 Å². The van der Waals surface area contributed by atoms with Crippen LogP contribution in [0.4, 0.5) is 0 Å². The minimum atomic E-state index is -3.94. The van der Waals surface area contributed by atoms with Crippen LogP contribution in [-0.4, -0.2) is 5.43 Å². The zero-order valence-electron chi connectivity index (χ0n) is 23.6. The van der Waals surface area contributed by atoms with Crippen LogP contribution in [-0.2, 0) is 38.4 Å². The van der Waals surface area contributed by atoms with Crippen LogP contribution in [0.2, 0.25) is 13.1 Å². The van der Waals surface area contributed by atoms with Gasteiger partial charge in [0.2, 0.25) is 0 Å². The molecule has 4 heteroatoms. The van der Waals surface area contributed by atoms with E-state index in [0.29, 0.717) is 7.25 Å². The standard InChI is InChI=1S/2C15H19.C2H6Si.2BrH.Zr/c2*1-4-6-13-8-7-12(5-2)14-9-11(3)10-15(13)14;1-3-2;;;/h2*7-10H,4-6H2,1-3H3;1-2H3;2*1H;/q;;;;;+2/p-2. The molecule has 0 aromatic heterocycles. The molecule has 194 valence electrons. The fourth-order valence-electron chi connectivity index (χ4n) is 7.25. The second kappa shape index (κ2) is 10.9. The summed E-state index contributed by atoms with van der Waals surface area (Å²) in [5.74, 6) is 0. The van der Waals surface area contributed by atoms with Crippen molar-refractivity contribution in [2.75, 3.05) is 0 Å². The number of rotatable bonds is 8. The number of hydrogen-bond acceptors (Lipinski definition) is 0. The van der Waals surface area contributed by atoms with Crippen molar-refractivity contribution < 1.29 is 12.7 Å². The van der Waals surface area contributed by atoms with Crippen LogP contribution in [0.5, 0.6) is 0 Å². The van der Waals surface area contributed by atoms with E-state index in [1.807, 2.05) is 0 Å². The van der Waals surface area contributed by atoms with Gasteiger partial charge in [0.05, 0.1) is 0 Å². The molecule has 0 N–H and O–H groups in total. The Labute approximate surface area is 233 Å². The van der Waals surface area contributed by atoms with Crippen molar-refractivity contribution in [2.24, 2.45) is 0 Å². The Hall–Kier alpha value is -0.0200. The minimum absolute atomic E-state index is 0.496. The number of allylic oxidation sites excluding steroid dienone is 2. The van der Waals surface area contributed by atoms with Gasteiger partial charge in [-0.05, 0) is 0 Å². The van der Waals surface area contributed by atoms with Gasteiger partial charge in [0, 0.05) is 0 Å². The second-order valence-electron chi connectivity index (χ2n) is 11.4. The molecular weight excluding hydrogens is 663 g/mol. The van der Waals surface area contributed by atoms with Crippen molar-refractivity contribution >= 4 is 42.0 Å². The van der Waals surface area contributed by atoms with E-state index in [-0.39, 0.29) is 0 Å². The molecule has 0 spiro atoms. The molecule has 0 amide bonds. The van der Waals surface area contributed by atoms with Crippen LogP contribution in [0.3, 0.4) is 0 Å². The molecule has 0 heterocycles. The van der Waals surface area contributed by atoms with Crippen LogP contribution in [0.15, 0.2) is 35.4 Å². The van der Waals surface area contributed by atoms with Crippen molar-refractivity contribution in [1.29, 1.82) is 0 Å². The van der Waals surface area contributed by atoms with Gasteiger partial charge < -0.3 is 0 Å². The molecule has 0 saturated heterocycles. The first kappa shape index (κ1) is 29.0. The number of halogens is 2. The van der Waals surface area contributed by atoms with Crippen molar-refractivity contribution in [2.45, 2.75) is 100 Å². The molecule has 0 fully saturated rings. The average Bonchev–Trinajstić information content (AvgIpc) is 3.38. The summed E-state index contributed by atoms with van der Waals surface area (Å²) in [5, 5.41) is 0. The van der Waals surface area contributed by atoms with E-state index in [1.165, 1.54) is 25.7 Å². The summed E-state index contributed by atoms with van der Waals surface area (Å²) < 4.78 is 0.992. The van der Waals surface area contributed by atoms with Crippen molar-refractivity contribution in [1.82, 2.24) is 0 Å². The maximum absolute atomic E-state index is 4.87. The molecule has 0 saturated carbocycles. The predicted octanol–water partition coefficient (Wildman–Crippen LogP) is 10.9. The molecule has 2 unspecified atom stereocenters. The average molecular weight is 708 g/mol. The Bertz CT molecular complexity index is 1240. The van der Waals surface area contributed by atoms with Crippen LogP contribution >= 0.6 is 24.4 Å². The van der Waals surface area contributed by atoms with E-state index in [4.69, 9.17) is 24.4 Å². The molecule has 0 radical (unpaired) electrons. The zero-order chi connectivity index (χ0) is 26.4. The summed E-state index contributed by atoms with van der Waals surface area (Å²) >= 11 is 5.80. The second-order valence-corrected chi connectivity index (χ2v) is 70.8. The molecule has 2 aliphatic carbocycles. The zero-order valence-corrected chi connectivity index (χ0v) is 30.2. The topological polar surface area (TPSA) is 0 Å². The Kier molecular flexibility index (Phi) is 8.74. The van der Waals surface area contributed by atoms with Crippen molar-refractivity contribution in [3.8, 4) is 0 Å². The van der Waals surface area contributed by atoms with Crippen molar-refractivity contribution in [3.63, 3.8) is 0 Å². The fourth-order valence-corrected chi connectivity index (χ4v) is 44.9. The van der Waals surface area contributed by atoms with Crippen LogP contribution in [0.1, 0.15) is 106 Å². The fraction of sp³-hybridized carbons (Fsp3) is 0.500. The van der Waals surface area contributed by atoms with E-state index in [1.54, 1.807) is 55.7 Å². The molecule has 0 aliphatic heterocycles. The molecule has 4 rings (SSSR count). The molecular formula is C32H44Br2SiZr. The van der Waals surface area contributed by atoms with E-state index >= 15 is 0 Å². The van der Waals surface area contributed by atoms with E-state index < -0.39 is 18.1 Å². The Morgan fingerprint density at radius 3 is 1.33 bits per heavy atom. The van der Waals surface area contributed by atoms with Crippen LogP contribution in [0.25, 0.3) is 12.2 Å². The molecule has 0 bridgehead atoms. The van der Waals surface area contributed by atoms with Gasteiger partial charge in [-0.3, -0.25) is 0 Å². The Morgan fingerprint density at radius 1 is 0.667 bits per heavy atom. The number of aryl methyl sites for hydroxylation is 4. The first-order chi connectivity index (χ1) is 17.0. The van der Waals surface area contributed by atoms with Gasteiger partial charge in [0.15, 0.2) is 0 Å². The van der Waals surface area contributed by atoms with Gasteiger partial charge >= 0.3 is 235 Å². The molecule has 2 atom stereocenters. The van der Waals surface area contributed by atoms with Gasteiger partial charge in [0.25, 0.3) is 0 Å². The Morgan fingerprint density at radius 2 is 1.03 bits per heavy atom. The summed E-state index contributed by atoms with van der Waals surface area (Å²) in [4.78, 5) is 0. The number of fused-ring (bicyclic) bond motifs is 2. The molecule has 2 aliphatic rings. The van der Waals surface area contributed by atoms with Gasteiger partial charge in [0.1, 0.15) is 0 Å². The first-order valence-electron chi connectivity index (χ1n) is 14.1. The molecule has 2 aromatic rings. The number of benzene rings is 2. The third kappa shape index (κ3) is 4.37. The van der Waals surface area contributed by atoms with E-state index in [2.05, 4.69) is 91.1 Å². The first-order valence-corrected chi connectivity index (χ1v) is 34.3. The van der Waals surface area contributed by atoms with E-state index in [0.717, 1.165) is 12.8 Å². The summed E-state index contributed by atoms with van der Waals surface area (Å²) in [7, 11) is 0. The normalized spacial score (nSPS) is 19.2. The quantitative estimate of drug-likeness (QED) is 0.240. The molecule has 2 aromatic carbocycles. The van der Waals surface area contributed by atoms with Gasteiger partial charge in [-0.25, -0.2) is 0 Å².